The van der Waals surface area contributed by atoms with Crippen LogP contribution in [0.25, 0.3) is 10.8 Å². The van der Waals surface area contributed by atoms with Gasteiger partial charge in [0.2, 0.25) is 5.91 Å². The van der Waals surface area contributed by atoms with Crippen LogP contribution in [0.4, 0.5) is 0 Å². The van der Waals surface area contributed by atoms with Gasteiger partial charge in [-0.2, -0.15) is 0 Å². The maximum absolute atomic E-state index is 12.5. The van der Waals surface area contributed by atoms with Gasteiger partial charge in [0.15, 0.2) is 6.61 Å². The molecular formula is C19H16BrN3O4S2. The van der Waals surface area contributed by atoms with Crippen molar-refractivity contribution in [3.05, 3.63) is 51.6 Å². The Morgan fingerprint density at radius 3 is 2.83 bits per heavy atom. The molecule has 1 fully saturated rings. The number of hydrogen-bond acceptors (Lipinski definition) is 8. The Morgan fingerprint density at radius 1 is 1.24 bits per heavy atom. The number of amides is 1. The third kappa shape index (κ3) is 5.46. The molecule has 3 aromatic rings. The molecule has 2 heterocycles. The summed E-state index contributed by atoms with van der Waals surface area (Å²) in [5.41, 5.74) is 0.402. The molecule has 1 saturated carbocycles. The van der Waals surface area contributed by atoms with E-state index in [1.165, 1.54) is 23.1 Å². The number of nitrogens with zero attached hydrogens (tertiary/aromatic N) is 2. The summed E-state index contributed by atoms with van der Waals surface area (Å²) in [4.78, 5) is 25.9. The molecule has 0 aliphatic heterocycles. The third-order valence-corrected chi connectivity index (χ3v) is 6.67. The average molecular weight is 494 g/mol. The van der Waals surface area contributed by atoms with Crippen molar-refractivity contribution in [3.63, 3.8) is 0 Å². The molecule has 1 N–H and O–H groups in total. The second kappa shape index (κ2) is 9.10. The fourth-order valence-corrected chi connectivity index (χ4v) is 4.61. The number of aromatic nitrogens is 2. The predicted molar refractivity (Wildman–Crippen MR) is 113 cm³/mol. The van der Waals surface area contributed by atoms with Crippen molar-refractivity contribution in [2.75, 3.05) is 5.75 Å². The van der Waals surface area contributed by atoms with E-state index in [0.29, 0.717) is 22.4 Å². The summed E-state index contributed by atoms with van der Waals surface area (Å²) in [5, 5.41) is 10.8. The highest BCUT2D eigenvalue weighted by Gasteiger charge is 2.23. The maximum atomic E-state index is 12.5. The number of thiophene rings is 1. The number of hydrogen-bond donors (Lipinski definition) is 1. The fourth-order valence-electron chi connectivity index (χ4n) is 2.45. The molecule has 0 bridgehead atoms. The predicted octanol–water partition coefficient (Wildman–Crippen LogP) is 4.29. The number of ether oxygens (including phenoxy) is 1. The summed E-state index contributed by atoms with van der Waals surface area (Å²) in [6.07, 6.45) is 2.08. The van der Waals surface area contributed by atoms with E-state index in [4.69, 9.17) is 9.15 Å². The van der Waals surface area contributed by atoms with E-state index in [0.717, 1.165) is 21.5 Å². The van der Waals surface area contributed by atoms with Crippen LogP contribution in [0, 0.1) is 0 Å². The van der Waals surface area contributed by atoms with Crippen molar-refractivity contribution >= 4 is 50.9 Å². The Bertz CT molecular complexity index is 1030. The van der Waals surface area contributed by atoms with Crippen LogP contribution in [0.15, 0.2) is 49.5 Å². The lowest BCUT2D eigenvalue weighted by atomic mass is 10.2. The number of nitrogens with one attached hydrogen (secondary N) is 1. The van der Waals surface area contributed by atoms with Gasteiger partial charge in [-0.3, -0.25) is 4.79 Å². The van der Waals surface area contributed by atoms with Crippen LogP contribution in [-0.2, 0) is 16.1 Å². The molecule has 150 valence electrons. The molecule has 0 saturated heterocycles. The first-order chi connectivity index (χ1) is 14.1. The van der Waals surface area contributed by atoms with Crippen LogP contribution in [-0.4, -0.2) is 33.9 Å². The van der Waals surface area contributed by atoms with Gasteiger partial charge in [-0.05, 0) is 53.0 Å². The standard InChI is InChI=1S/C19H16BrN3O4S2/c20-15-8-7-14(29-15)18-23-22-17(27-18)9-26-19(25)12-3-1-2-4-13(12)28-10-16(24)21-11-5-6-11/h1-4,7-8,11H,5-6,9-10H2,(H,21,24). The molecule has 0 spiro atoms. The number of benzene rings is 1. The van der Waals surface area contributed by atoms with E-state index in [2.05, 4.69) is 31.4 Å². The number of carbonyl (C=O) groups excluding carboxylic acids is 2. The molecule has 1 aliphatic rings. The Labute approximate surface area is 183 Å². The Hall–Kier alpha value is -2.17. The second-order valence-corrected chi connectivity index (χ2v) is 9.79. The van der Waals surface area contributed by atoms with Gasteiger partial charge < -0.3 is 14.5 Å². The normalized spacial score (nSPS) is 13.3. The topological polar surface area (TPSA) is 94.3 Å². The number of esters is 1. The quantitative estimate of drug-likeness (QED) is 0.369. The van der Waals surface area contributed by atoms with Crippen molar-refractivity contribution < 1.29 is 18.7 Å². The number of thioether (sulfide) groups is 1. The van der Waals surface area contributed by atoms with E-state index in [9.17, 15) is 9.59 Å². The lowest BCUT2D eigenvalue weighted by molar-refractivity contribution is -0.118. The molecule has 1 amide bonds. The first kappa shape index (κ1) is 20.1. The van der Waals surface area contributed by atoms with Crippen LogP contribution >= 0.6 is 39.0 Å². The molecule has 29 heavy (non-hydrogen) atoms. The molecule has 7 nitrogen and oxygen atoms in total. The minimum absolute atomic E-state index is 0.0285. The van der Waals surface area contributed by atoms with Gasteiger partial charge in [0, 0.05) is 10.9 Å². The molecule has 2 aromatic heterocycles. The highest BCUT2D eigenvalue weighted by molar-refractivity contribution is 9.11. The summed E-state index contributed by atoms with van der Waals surface area (Å²) >= 11 is 6.17. The third-order valence-electron chi connectivity index (χ3n) is 3.99. The van der Waals surface area contributed by atoms with Crippen LogP contribution in [0.1, 0.15) is 29.1 Å². The van der Waals surface area contributed by atoms with Crippen molar-refractivity contribution in [1.82, 2.24) is 15.5 Å². The summed E-state index contributed by atoms with van der Waals surface area (Å²) in [7, 11) is 0. The van der Waals surface area contributed by atoms with Crippen LogP contribution in [0.3, 0.4) is 0 Å². The smallest absolute Gasteiger partial charge is 0.339 e. The first-order valence-corrected chi connectivity index (χ1v) is 11.4. The van der Waals surface area contributed by atoms with E-state index in [-0.39, 0.29) is 24.2 Å². The minimum Gasteiger partial charge on any atom is -0.452 e. The van der Waals surface area contributed by atoms with Gasteiger partial charge in [-0.15, -0.1) is 33.3 Å². The van der Waals surface area contributed by atoms with Gasteiger partial charge in [-0.25, -0.2) is 4.79 Å². The molecule has 1 aromatic carbocycles. The zero-order valence-electron chi connectivity index (χ0n) is 15.1. The lowest BCUT2D eigenvalue weighted by Gasteiger charge is -2.08. The van der Waals surface area contributed by atoms with Crippen molar-refractivity contribution in [1.29, 1.82) is 0 Å². The SMILES string of the molecule is O=C(CSc1ccccc1C(=O)OCc1nnc(-c2ccc(Br)s2)o1)NC1CC1. The van der Waals surface area contributed by atoms with E-state index < -0.39 is 5.97 Å². The maximum Gasteiger partial charge on any atom is 0.339 e. The Kier molecular flexibility index (Phi) is 6.31. The van der Waals surface area contributed by atoms with E-state index in [1.54, 1.807) is 18.2 Å². The molecule has 10 heteroatoms. The van der Waals surface area contributed by atoms with Gasteiger partial charge in [0.1, 0.15) is 0 Å². The summed E-state index contributed by atoms with van der Waals surface area (Å²) in [5.74, 6) is 0.314. The first-order valence-electron chi connectivity index (χ1n) is 8.85. The van der Waals surface area contributed by atoms with Gasteiger partial charge >= 0.3 is 5.97 Å². The van der Waals surface area contributed by atoms with E-state index >= 15 is 0 Å². The van der Waals surface area contributed by atoms with E-state index in [1.807, 2.05) is 18.2 Å². The van der Waals surface area contributed by atoms with Crippen LogP contribution in [0.5, 0.6) is 0 Å². The molecule has 0 unspecified atom stereocenters. The molecule has 0 radical (unpaired) electrons. The number of carbonyl (C=O) groups is 2. The highest BCUT2D eigenvalue weighted by Crippen LogP contribution is 2.30. The highest BCUT2D eigenvalue weighted by atomic mass is 79.9. The van der Waals surface area contributed by atoms with Gasteiger partial charge in [-0.1, -0.05) is 12.1 Å². The molecule has 4 rings (SSSR count). The monoisotopic (exact) mass is 493 g/mol. The molecular weight excluding hydrogens is 478 g/mol. The van der Waals surface area contributed by atoms with Crippen molar-refractivity contribution in [3.8, 4) is 10.8 Å². The van der Waals surface area contributed by atoms with Crippen molar-refractivity contribution in [2.24, 2.45) is 0 Å². The summed E-state index contributed by atoms with van der Waals surface area (Å²) in [6, 6.07) is 11.1. The lowest BCUT2D eigenvalue weighted by Crippen LogP contribution is -2.27. The van der Waals surface area contributed by atoms with Crippen LogP contribution < -0.4 is 5.32 Å². The fraction of sp³-hybridized carbons (Fsp3) is 0.263. The zero-order valence-corrected chi connectivity index (χ0v) is 18.3. The molecule has 0 atom stereocenters. The molecule has 1 aliphatic carbocycles. The Morgan fingerprint density at radius 2 is 2.07 bits per heavy atom. The largest absolute Gasteiger partial charge is 0.452 e. The summed E-state index contributed by atoms with van der Waals surface area (Å²) < 4.78 is 11.8. The average Bonchev–Trinajstić information content (AvgIpc) is 3.22. The number of rotatable bonds is 8. The van der Waals surface area contributed by atoms with Crippen molar-refractivity contribution in [2.45, 2.75) is 30.4 Å². The minimum atomic E-state index is -0.505. The van der Waals surface area contributed by atoms with Gasteiger partial charge in [0.25, 0.3) is 11.8 Å². The van der Waals surface area contributed by atoms with Gasteiger partial charge in [0.05, 0.1) is 20.0 Å². The summed E-state index contributed by atoms with van der Waals surface area (Å²) in [6.45, 7) is -0.125. The second-order valence-electron chi connectivity index (χ2n) is 6.31. The number of halogens is 1. The zero-order chi connectivity index (χ0) is 20.2. The Balaban J connectivity index is 1.35. The van der Waals surface area contributed by atoms with Crippen LogP contribution in [0.2, 0.25) is 0 Å².